The Morgan fingerprint density at radius 3 is 2.81 bits per heavy atom. The van der Waals surface area contributed by atoms with E-state index in [4.69, 9.17) is 19.9 Å². The van der Waals surface area contributed by atoms with Gasteiger partial charge in [-0.1, -0.05) is 0 Å². The molecule has 0 radical (unpaired) electrons. The molecule has 21 heavy (non-hydrogen) atoms. The van der Waals surface area contributed by atoms with E-state index in [1.54, 1.807) is 10.9 Å². The second-order valence-electron chi connectivity index (χ2n) is 5.31. The van der Waals surface area contributed by atoms with Crippen LogP contribution >= 0.6 is 0 Å². The van der Waals surface area contributed by atoms with Crippen molar-refractivity contribution < 1.29 is 14.2 Å². The summed E-state index contributed by atoms with van der Waals surface area (Å²) < 4.78 is 18.5. The number of nitrogens with zero attached hydrogens (tertiary/aromatic N) is 2. The van der Waals surface area contributed by atoms with Gasteiger partial charge in [0.1, 0.15) is 12.4 Å². The van der Waals surface area contributed by atoms with Crippen LogP contribution in [0.25, 0.3) is 0 Å². The molecule has 1 aromatic carbocycles. The molecular weight excluding hydrogens is 270 g/mol. The van der Waals surface area contributed by atoms with E-state index in [0.717, 1.165) is 29.0 Å². The van der Waals surface area contributed by atoms with Crippen LogP contribution in [0, 0.1) is 0 Å². The molecule has 0 saturated heterocycles. The summed E-state index contributed by atoms with van der Waals surface area (Å²) in [6.45, 7) is 2.67. The highest BCUT2D eigenvalue weighted by Crippen LogP contribution is 2.38. The summed E-state index contributed by atoms with van der Waals surface area (Å²) >= 11 is 0. The SMILES string of the molecule is CC(N)Cc1cc2c(cc1OCc1cnn(C)c1)OCO2. The van der Waals surface area contributed by atoms with Gasteiger partial charge in [0.25, 0.3) is 0 Å². The lowest BCUT2D eigenvalue weighted by Gasteiger charge is -2.13. The van der Waals surface area contributed by atoms with Crippen molar-refractivity contribution >= 4 is 0 Å². The van der Waals surface area contributed by atoms with Gasteiger partial charge < -0.3 is 19.9 Å². The molecule has 0 spiro atoms. The number of ether oxygens (including phenoxy) is 3. The van der Waals surface area contributed by atoms with Crippen molar-refractivity contribution in [2.45, 2.75) is 26.0 Å². The third-order valence-corrected chi connectivity index (χ3v) is 3.25. The maximum absolute atomic E-state index is 5.92. The number of benzene rings is 1. The molecule has 1 atom stereocenters. The van der Waals surface area contributed by atoms with Crippen LogP contribution in [-0.2, 0) is 20.1 Å². The van der Waals surface area contributed by atoms with Crippen LogP contribution in [0.3, 0.4) is 0 Å². The van der Waals surface area contributed by atoms with Gasteiger partial charge in [0.15, 0.2) is 11.5 Å². The first-order chi connectivity index (χ1) is 10.1. The monoisotopic (exact) mass is 289 g/mol. The van der Waals surface area contributed by atoms with Crippen molar-refractivity contribution in [1.29, 1.82) is 0 Å². The highest BCUT2D eigenvalue weighted by Gasteiger charge is 2.19. The van der Waals surface area contributed by atoms with Crippen molar-refractivity contribution in [3.63, 3.8) is 0 Å². The molecular formula is C15H19N3O3. The van der Waals surface area contributed by atoms with Crippen molar-refractivity contribution in [3.05, 3.63) is 35.7 Å². The molecule has 0 bridgehead atoms. The number of aromatic nitrogens is 2. The van der Waals surface area contributed by atoms with Crippen molar-refractivity contribution in [2.24, 2.45) is 12.8 Å². The van der Waals surface area contributed by atoms with Gasteiger partial charge in [0, 0.05) is 30.9 Å². The molecule has 1 unspecified atom stereocenters. The average molecular weight is 289 g/mol. The molecule has 1 aliphatic rings. The predicted octanol–water partition coefficient (Wildman–Crippen LogP) is 1.62. The molecule has 2 aromatic rings. The van der Waals surface area contributed by atoms with Gasteiger partial charge in [-0.05, 0) is 25.0 Å². The number of hydrogen-bond acceptors (Lipinski definition) is 5. The Balaban J connectivity index is 1.81. The van der Waals surface area contributed by atoms with Crippen LogP contribution in [0.15, 0.2) is 24.5 Å². The standard InChI is InChI=1S/C15H19N3O3/c1-10(16)3-12-4-14-15(21-9-20-14)5-13(12)19-8-11-6-17-18(2)7-11/h4-7,10H,3,8-9,16H2,1-2H3. The summed E-state index contributed by atoms with van der Waals surface area (Å²) in [6.07, 6.45) is 4.44. The van der Waals surface area contributed by atoms with Crippen molar-refractivity contribution in [2.75, 3.05) is 6.79 Å². The van der Waals surface area contributed by atoms with Gasteiger partial charge in [-0.15, -0.1) is 0 Å². The maximum Gasteiger partial charge on any atom is 0.231 e. The number of rotatable bonds is 5. The first-order valence-corrected chi connectivity index (χ1v) is 6.90. The quantitative estimate of drug-likeness (QED) is 0.905. The molecule has 6 nitrogen and oxygen atoms in total. The Hall–Kier alpha value is -2.21. The van der Waals surface area contributed by atoms with Gasteiger partial charge in [0.05, 0.1) is 6.20 Å². The van der Waals surface area contributed by atoms with E-state index in [1.807, 2.05) is 32.3 Å². The Morgan fingerprint density at radius 2 is 2.14 bits per heavy atom. The maximum atomic E-state index is 5.92. The zero-order chi connectivity index (χ0) is 14.8. The Labute approximate surface area is 123 Å². The molecule has 2 N–H and O–H groups in total. The summed E-state index contributed by atoms with van der Waals surface area (Å²) in [5, 5.41) is 4.13. The van der Waals surface area contributed by atoms with Gasteiger partial charge in [-0.25, -0.2) is 0 Å². The van der Waals surface area contributed by atoms with Crippen LogP contribution in [0.2, 0.25) is 0 Å². The molecule has 0 aliphatic carbocycles. The van der Waals surface area contributed by atoms with E-state index in [9.17, 15) is 0 Å². The molecule has 3 rings (SSSR count). The number of aryl methyl sites for hydroxylation is 1. The minimum atomic E-state index is 0.0473. The van der Waals surface area contributed by atoms with Crippen LogP contribution < -0.4 is 19.9 Å². The van der Waals surface area contributed by atoms with Gasteiger partial charge in [-0.3, -0.25) is 4.68 Å². The number of hydrogen-bond donors (Lipinski definition) is 1. The van der Waals surface area contributed by atoms with Gasteiger partial charge >= 0.3 is 0 Å². The number of fused-ring (bicyclic) bond motifs is 1. The first kappa shape index (κ1) is 13.8. The van der Waals surface area contributed by atoms with E-state index in [1.165, 1.54) is 0 Å². The normalized spacial score (nSPS) is 14.2. The predicted molar refractivity (Wildman–Crippen MR) is 77.5 cm³/mol. The van der Waals surface area contributed by atoms with E-state index in [2.05, 4.69) is 5.10 Å². The lowest BCUT2D eigenvalue weighted by molar-refractivity contribution is 0.173. The third-order valence-electron chi connectivity index (χ3n) is 3.25. The van der Waals surface area contributed by atoms with E-state index in [0.29, 0.717) is 12.4 Å². The fraction of sp³-hybridized carbons (Fsp3) is 0.400. The van der Waals surface area contributed by atoms with Gasteiger partial charge in [-0.2, -0.15) is 5.10 Å². The smallest absolute Gasteiger partial charge is 0.231 e. The van der Waals surface area contributed by atoms with Crippen LogP contribution in [0.1, 0.15) is 18.1 Å². The summed E-state index contributed by atoms with van der Waals surface area (Å²) in [7, 11) is 1.88. The molecule has 112 valence electrons. The van der Waals surface area contributed by atoms with Crippen LogP contribution in [0.5, 0.6) is 17.2 Å². The lowest BCUT2D eigenvalue weighted by atomic mass is 10.1. The molecule has 1 aliphatic heterocycles. The second kappa shape index (κ2) is 5.65. The molecule has 0 fully saturated rings. The largest absolute Gasteiger partial charge is 0.488 e. The minimum absolute atomic E-state index is 0.0473. The van der Waals surface area contributed by atoms with E-state index in [-0.39, 0.29) is 12.8 Å². The van der Waals surface area contributed by atoms with Crippen molar-refractivity contribution in [1.82, 2.24) is 9.78 Å². The van der Waals surface area contributed by atoms with Crippen LogP contribution in [0.4, 0.5) is 0 Å². The average Bonchev–Trinajstić information content (AvgIpc) is 3.03. The Bertz CT molecular complexity index is 637. The highest BCUT2D eigenvalue weighted by molar-refractivity contribution is 5.52. The zero-order valence-corrected chi connectivity index (χ0v) is 12.2. The lowest BCUT2D eigenvalue weighted by Crippen LogP contribution is -2.18. The molecule has 0 amide bonds. The van der Waals surface area contributed by atoms with Crippen LogP contribution in [-0.4, -0.2) is 22.6 Å². The Morgan fingerprint density at radius 1 is 1.38 bits per heavy atom. The van der Waals surface area contributed by atoms with Crippen molar-refractivity contribution in [3.8, 4) is 17.2 Å². The molecule has 6 heteroatoms. The second-order valence-corrected chi connectivity index (χ2v) is 5.31. The summed E-state index contributed by atoms with van der Waals surface area (Å²) in [4.78, 5) is 0. The topological polar surface area (TPSA) is 71.5 Å². The van der Waals surface area contributed by atoms with E-state index < -0.39 is 0 Å². The van der Waals surface area contributed by atoms with Gasteiger partial charge in [0.2, 0.25) is 6.79 Å². The highest BCUT2D eigenvalue weighted by atomic mass is 16.7. The zero-order valence-electron chi connectivity index (χ0n) is 12.2. The molecule has 2 heterocycles. The summed E-state index contributed by atoms with van der Waals surface area (Å²) in [5.74, 6) is 2.24. The summed E-state index contributed by atoms with van der Waals surface area (Å²) in [5.41, 5.74) is 7.95. The first-order valence-electron chi connectivity index (χ1n) is 6.90. The fourth-order valence-corrected chi connectivity index (χ4v) is 2.31. The number of nitrogens with two attached hydrogens (primary N) is 1. The molecule has 0 saturated carbocycles. The minimum Gasteiger partial charge on any atom is -0.488 e. The third kappa shape index (κ3) is 3.11. The van der Waals surface area contributed by atoms with E-state index >= 15 is 0 Å². The Kier molecular flexibility index (Phi) is 3.70. The fourth-order valence-electron chi connectivity index (χ4n) is 2.31. The molecule has 1 aromatic heterocycles. The summed E-state index contributed by atoms with van der Waals surface area (Å²) in [6, 6.07) is 3.87.